The summed E-state index contributed by atoms with van der Waals surface area (Å²) >= 11 is 0. The maximum absolute atomic E-state index is 11.8. The minimum absolute atomic E-state index is 0.0658. The van der Waals surface area contributed by atoms with Gasteiger partial charge in [-0.1, -0.05) is 18.2 Å². The zero-order valence-electron chi connectivity index (χ0n) is 10.3. The van der Waals surface area contributed by atoms with Crippen LogP contribution >= 0.6 is 0 Å². The van der Waals surface area contributed by atoms with Gasteiger partial charge in [0.25, 0.3) is 0 Å². The molecule has 0 bridgehead atoms. The first kappa shape index (κ1) is 11.8. The fourth-order valence-corrected chi connectivity index (χ4v) is 2.23. The maximum Gasteiger partial charge on any atom is 0.242 e. The van der Waals surface area contributed by atoms with E-state index in [2.05, 4.69) is 10.6 Å². The van der Waals surface area contributed by atoms with E-state index >= 15 is 0 Å². The van der Waals surface area contributed by atoms with Crippen LogP contribution in [-0.2, 0) is 16.1 Å². The van der Waals surface area contributed by atoms with Crippen LogP contribution in [0.1, 0.15) is 18.6 Å². The molecule has 1 aromatic carbocycles. The second kappa shape index (κ2) is 4.76. The third-order valence-electron chi connectivity index (χ3n) is 3.23. The number of nitrogens with one attached hydrogen (secondary N) is 2. The van der Waals surface area contributed by atoms with E-state index in [1.54, 1.807) is 0 Å². The van der Waals surface area contributed by atoms with E-state index in [4.69, 9.17) is 4.42 Å². The SMILES string of the molecule is O=C1CC[C@H](C(=O)NCc2cc3ccccc3o2)N1. The summed E-state index contributed by atoms with van der Waals surface area (Å²) < 4.78 is 5.60. The summed E-state index contributed by atoms with van der Waals surface area (Å²) in [4.78, 5) is 22.9. The van der Waals surface area contributed by atoms with E-state index < -0.39 is 6.04 Å². The van der Waals surface area contributed by atoms with Gasteiger partial charge >= 0.3 is 0 Å². The van der Waals surface area contributed by atoms with Crippen LogP contribution in [0.2, 0.25) is 0 Å². The normalized spacial score (nSPS) is 18.5. The van der Waals surface area contributed by atoms with Gasteiger partial charge in [-0.15, -0.1) is 0 Å². The number of benzene rings is 1. The minimum atomic E-state index is -0.406. The van der Waals surface area contributed by atoms with Crippen LogP contribution in [0.5, 0.6) is 0 Å². The van der Waals surface area contributed by atoms with Crippen molar-refractivity contribution in [3.8, 4) is 0 Å². The van der Waals surface area contributed by atoms with Crippen LogP contribution in [-0.4, -0.2) is 17.9 Å². The van der Waals surface area contributed by atoms with Crippen LogP contribution in [0.25, 0.3) is 11.0 Å². The van der Waals surface area contributed by atoms with E-state index in [1.165, 1.54) is 0 Å². The minimum Gasteiger partial charge on any atom is -0.459 e. The summed E-state index contributed by atoms with van der Waals surface area (Å²) in [7, 11) is 0. The maximum atomic E-state index is 11.8. The molecule has 0 saturated carbocycles. The van der Waals surface area contributed by atoms with Crippen molar-refractivity contribution < 1.29 is 14.0 Å². The lowest BCUT2D eigenvalue weighted by atomic mass is 10.2. The molecule has 5 heteroatoms. The van der Waals surface area contributed by atoms with Gasteiger partial charge < -0.3 is 15.1 Å². The first-order valence-corrected chi connectivity index (χ1v) is 6.27. The quantitative estimate of drug-likeness (QED) is 0.872. The van der Waals surface area contributed by atoms with Gasteiger partial charge in [0.05, 0.1) is 6.54 Å². The van der Waals surface area contributed by atoms with Gasteiger partial charge in [0, 0.05) is 11.8 Å². The van der Waals surface area contributed by atoms with Gasteiger partial charge in [-0.05, 0) is 18.6 Å². The van der Waals surface area contributed by atoms with Crippen LogP contribution in [0.4, 0.5) is 0 Å². The van der Waals surface area contributed by atoms with Crippen LogP contribution in [0.15, 0.2) is 34.7 Å². The van der Waals surface area contributed by atoms with Crippen molar-refractivity contribution in [2.45, 2.75) is 25.4 Å². The Morgan fingerprint density at radius 2 is 2.26 bits per heavy atom. The van der Waals surface area contributed by atoms with E-state index in [0.717, 1.165) is 11.0 Å². The molecule has 1 aromatic heterocycles. The molecule has 2 amide bonds. The lowest BCUT2D eigenvalue weighted by Gasteiger charge is -2.09. The van der Waals surface area contributed by atoms with E-state index in [9.17, 15) is 9.59 Å². The second-order valence-corrected chi connectivity index (χ2v) is 4.63. The lowest BCUT2D eigenvalue weighted by Crippen LogP contribution is -2.41. The Bertz CT molecular complexity index is 599. The Labute approximate surface area is 110 Å². The third-order valence-corrected chi connectivity index (χ3v) is 3.23. The molecule has 2 heterocycles. The molecule has 3 rings (SSSR count). The Kier molecular flexibility index (Phi) is 2.95. The van der Waals surface area contributed by atoms with Gasteiger partial charge in [-0.2, -0.15) is 0 Å². The second-order valence-electron chi connectivity index (χ2n) is 4.63. The monoisotopic (exact) mass is 258 g/mol. The predicted octanol–water partition coefficient (Wildman–Crippen LogP) is 1.33. The van der Waals surface area contributed by atoms with Gasteiger partial charge in [0.1, 0.15) is 17.4 Å². The highest BCUT2D eigenvalue weighted by Crippen LogP contribution is 2.18. The highest BCUT2D eigenvalue weighted by Gasteiger charge is 2.26. The number of para-hydroxylation sites is 1. The summed E-state index contributed by atoms with van der Waals surface area (Å²) in [5, 5.41) is 6.42. The molecule has 1 saturated heterocycles. The fourth-order valence-electron chi connectivity index (χ4n) is 2.23. The smallest absolute Gasteiger partial charge is 0.242 e. The topological polar surface area (TPSA) is 71.3 Å². The Balaban J connectivity index is 1.62. The van der Waals surface area contributed by atoms with Gasteiger partial charge in [-0.25, -0.2) is 0 Å². The number of carbonyl (C=O) groups excluding carboxylic acids is 2. The van der Waals surface area contributed by atoms with Crippen molar-refractivity contribution in [1.82, 2.24) is 10.6 Å². The molecule has 5 nitrogen and oxygen atoms in total. The number of amides is 2. The number of furan rings is 1. The molecule has 19 heavy (non-hydrogen) atoms. The zero-order chi connectivity index (χ0) is 13.2. The van der Waals surface area contributed by atoms with Crippen molar-refractivity contribution in [3.05, 3.63) is 36.1 Å². The molecule has 1 aliphatic heterocycles. The average Bonchev–Trinajstić information content (AvgIpc) is 3.01. The van der Waals surface area contributed by atoms with E-state index in [1.807, 2.05) is 30.3 Å². The summed E-state index contributed by atoms with van der Waals surface area (Å²) in [5.74, 6) is 0.481. The van der Waals surface area contributed by atoms with Crippen LogP contribution < -0.4 is 10.6 Å². The highest BCUT2D eigenvalue weighted by molar-refractivity contribution is 5.90. The molecular weight excluding hydrogens is 244 g/mol. The lowest BCUT2D eigenvalue weighted by molar-refractivity contribution is -0.125. The third kappa shape index (κ3) is 2.45. The summed E-state index contributed by atoms with van der Waals surface area (Å²) in [6, 6.07) is 9.19. The highest BCUT2D eigenvalue weighted by atomic mass is 16.3. The molecule has 98 valence electrons. The van der Waals surface area contributed by atoms with Crippen molar-refractivity contribution in [2.75, 3.05) is 0 Å². The van der Waals surface area contributed by atoms with Gasteiger partial charge in [0.15, 0.2) is 0 Å². The summed E-state index contributed by atoms with van der Waals surface area (Å²) in [5.41, 5.74) is 0.806. The first-order chi connectivity index (χ1) is 9.22. The van der Waals surface area contributed by atoms with Crippen molar-refractivity contribution >= 4 is 22.8 Å². The number of rotatable bonds is 3. The molecular formula is C14H14N2O3. The van der Waals surface area contributed by atoms with Crippen molar-refractivity contribution in [2.24, 2.45) is 0 Å². The Hall–Kier alpha value is -2.30. The van der Waals surface area contributed by atoms with Crippen molar-refractivity contribution in [1.29, 1.82) is 0 Å². The molecule has 1 aliphatic rings. The Morgan fingerprint density at radius 1 is 1.42 bits per heavy atom. The van der Waals surface area contributed by atoms with Crippen molar-refractivity contribution in [3.63, 3.8) is 0 Å². The van der Waals surface area contributed by atoms with E-state index in [0.29, 0.717) is 25.1 Å². The van der Waals surface area contributed by atoms with Gasteiger partial charge in [0.2, 0.25) is 11.8 Å². The molecule has 0 unspecified atom stereocenters. The number of hydrogen-bond donors (Lipinski definition) is 2. The molecule has 1 fully saturated rings. The summed E-state index contributed by atoms with van der Waals surface area (Å²) in [6.07, 6.45) is 0.980. The number of hydrogen-bond acceptors (Lipinski definition) is 3. The largest absolute Gasteiger partial charge is 0.459 e. The zero-order valence-corrected chi connectivity index (χ0v) is 10.3. The molecule has 1 atom stereocenters. The van der Waals surface area contributed by atoms with E-state index in [-0.39, 0.29) is 11.8 Å². The van der Waals surface area contributed by atoms with Crippen LogP contribution in [0.3, 0.4) is 0 Å². The molecule has 2 aromatic rings. The first-order valence-electron chi connectivity index (χ1n) is 6.27. The molecule has 2 N–H and O–H groups in total. The molecule has 0 radical (unpaired) electrons. The van der Waals surface area contributed by atoms with Crippen LogP contribution in [0, 0.1) is 0 Å². The number of fused-ring (bicyclic) bond motifs is 1. The molecule has 0 spiro atoms. The van der Waals surface area contributed by atoms with Gasteiger partial charge in [-0.3, -0.25) is 9.59 Å². The number of carbonyl (C=O) groups is 2. The summed E-state index contributed by atoms with van der Waals surface area (Å²) in [6.45, 7) is 0.333. The standard InChI is InChI=1S/C14H14N2O3/c17-13-6-5-11(16-13)14(18)15-8-10-7-9-3-1-2-4-12(9)19-10/h1-4,7,11H,5-6,8H2,(H,15,18)(H,16,17)/t11-/m1/s1. The Morgan fingerprint density at radius 3 is 3.00 bits per heavy atom. The molecule has 0 aliphatic carbocycles. The predicted molar refractivity (Wildman–Crippen MR) is 69.2 cm³/mol. The average molecular weight is 258 g/mol. The fraction of sp³-hybridized carbons (Fsp3) is 0.286.